The third-order valence-electron chi connectivity index (χ3n) is 3.83. The lowest BCUT2D eigenvalue weighted by Crippen LogP contribution is -2.36. The van der Waals surface area contributed by atoms with Crippen LogP contribution in [0.3, 0.4) is 0 Å². The highest BCUT2D eigenvalue weighted by atomic mass is 32.1. The van der Waals surface area contributed by atoms with Gasteiger partial charge < -0.3 is 10.6 Å². The van der Waals surface area contributed by atoms with Gasteiger partial charge in [-0.2, -0.15) is 0 Å². The molecule has 1 aromatic heterocycles. The number of thiophene rings is 1. The zero-order valence-corrected chi connectivity index (χ0v) is 13.1. The molecule has 1 amide bonds. The van der Waals surface area contributed by atoms with Crippen LogP contribution in [-0.2, 0) is 11.3 Å². The average molecular weight is 295 g/mol. The number of hydrogen-bond acceptors (Lipinski definition) is 4. The first-order valence-corrected chi connectivity index (χ1v) is 8.29. The molecule has 20 heavy (non-hydrogen) atoms. The van der Waals surface area contributed by atoms with E-state index in [1.165, 1.54) is 4.88 Å². The van der Waals surface area contributed by atoms with Crippen LogP contribution in [0.5, 0.6) is 0 Å². The fourth-order valence-corrected chi connectivity index (χ4v) is 3.26. The molecule has 2 N–H and O–H groups in total. The van der Waals surface area contributed by atoms with Gasteiger partial charge in [0.1, 0.15) is 0 Å². The third-order valence-corrected chi connectivity index (χ3v) is 4.69. The van der Waals surface area contributed by atoms with E-state index in [1.807, 2.05) is 11.8 Å². The molecule has 2 heterocycles. The van der Waals surface area contributed by atoms with Crippen molar-refractivity contribution in [2.75, 3.05) is 32.7 Å². The summed E-state index contributed by atoms with van der Waals surface area (Å²) in [4.78, 5) is 18.1. The zero-order valence-electron chi connectivity index (χ0n) is 12.3. The topological polar surface area (TPSA) is 49.6 Å². The molecular weight excluding hydrogens is 270 g/mol. The Hall–Kier alpha value is -0.910. The van der Waals surface area contributed by atoms with Crippen LogP contribution in [0.4, 0.5) is 0 Å². The lowest BCUT2D eigenvalue weighted by atomic mass is 10.1. The molecule has 0 saturated carbocycles. The van der Waals surface area contributed by atoms with Crippen molar-refractivity contribution in [3.63, 3.8) is 0 Å². The predicted octanol–water partition coefficient (Wildman–Crippen LogP) is 1.77. The smallest absolute Gasteiger partial charge is 0.222 e. The van der Waals surface area contributed by atoms with E-state index in [0.717, 1.165) is 39.1 Å². The maximum atomic E-state index is 12.2. The molecule has 5 heteroatoms. The zero-order chi connectivity index (χ0) is 14.4. The van der Waals surface area contributed by atoms with Gasteiger partial charge in [-0.3, -0.25) is 9.69 Å². The molecule has 0 bridgehead atoms. The summed E-state index contributed by atoms with van der Waals surface area (Å²) in [5.41, 5.74) is 5.60. The lowest BCUT2D eigenvalue weighted by Gasteiger charge is -2.22. The van der Waals surface area contributed by atoms with Gasteiger partial charge in [-0.15, -0.1) is 11.3 Å². The largest absolute Gasteiger partial charge is 0.341 e. The van der Waals surface area contributed by atoms with Gasteiger partial charge in [0, 0.05) is 44.0 Å². The Kier molecular flexibility index (Phi) is 6.01. The van der Waals surface area contributed by atoms with E-state index in [1.54, 1.807) is 11.3 Å². The van der Waals surface area contributed by atoms with Gasteiger partial charge in [-0.25, -0.2) is 0 Å². The molecule has 1 aliphatic heterocycles. The van der Waals surface area contributed by atoms with Crippen molar-refractivity contribution < 1.29 is 4.79 Å². The minimum absolute atomic E-state index is 0.265. The fraction of sp³-hybridized carbons (Fsp3) is 0.667. The second-order valence-corrected chi connectivity index (χ2v) is 6.67. The van der Waals surface area contributed by atoms with E-state index in [2.05, 4.69) is 22.4 Å². The summed E-state index contributed by atoms with van der Waals surface area (Å²) >= 11 is 1.81. The van der Waals surface area contributed by atoms with E-state index in [9.17, 15) is 4.79 Å². The minimum atomic E-state index is 0.265. The Bertz CT molecular complexity index is 407. The highest BCUT2D eigenvalue weighted by Crippen LogP contribution is 2.14. The van der Waals surface area contributed by atoms with E-state index < -0.39 is 0 Å². The molecule has 1 unspecified atom stereocenters. The quantitative estimate of drug-likeness (QED) is 0.900. The third kappa shape index (κ3) is 4.58. The molecule has 1 saturated heterocycles. The molecule has 1 aromatic rings. The first-order valence-electron chi connectivity index (χ1n) is 7.41. The minimum Gasteiger partial charge on any atom is -0.341 e. The van der Waals surface area contributed by atoms with Crippen molar-refractivity contribution in [2.45, 2.75) is 26.3 Å². The lowest BCUT2D eigenvalue weighted by molar-refractivity contribution is -0.131. The van der Waals surface area contributed by atoms with Crippen molar-refractivity contribution in [2.24, 2.45) is 11.7 Å². The molecule has 2 rings (SSSR count). The maximum Gasteiger partial charge on any atom is 0.222 e. The molecular formula is C15H25N3OS. The summed E-state index contributed by atoms with van der Waals surface area (Å²) in [7, 11) is 0. The number of nitrogens with two attached hydrogens (primary N) is 1. The van der Waals surface area contributed by atoms with Gasteiger partial charge in [0.2, 0.25) is 5.91 Å². The Morgan fingerprint density at radius 3 is 2.95 bits per heavy atom. The monoisotopic (exact) mass is 295 g/mol. The number of hydrogen-bond donors (Lipinski definition) is 1. The van der Waals surface area contributed by atoms with Crippen LogP contribution < -0.4 is 5.73 Å². The van der Waals surface area contributed by atoms with Crippen LogP contribution >= 0.6 is 11.3 Å². The fourth-order valence-electron chi connectivity index (χ4n) is 2.51. The summed E-state index contributed by atoms with van der Waals surface area (Å²) < 4.78 is 0. The van der Waals surface area contributed by atoms with Crippen LogP contribution in [0.2, 0.25) is 0 Å². The summed E-state index contributed by atoms with van der Waals surface area (Å²) in [6.45, 7) is 7.43. The Balaban J connectivity index is 1.81. The van der Waals surface area contributed by atoms with Crippen molar-refractivity contribution in [1.29, 1.82) is 0 Å². The van der Waals surface area contributed by atoms with E-state index in [-0.39, 0.29) is 11.8 Å². The van der Waals surface area contributed by atoms with E-state index >= 15 is 0 Å². The summed E-state index contributed by atoms with van der Waals surface area (Å²) in [5.74, 6) is 0.550. The summed E-state index contributed by atoms with van der Waals surface area (Å²) in [5, 5.41) is 2.12. The van der Waals surface area contributed by atoms with Crippen molar-refractivity contribution >= 4 is 17.2 Å². The van der Waals surface area contributed by atoms with Gasteiger partial charge in [0.05, 0.1) is 0 Å². The van der Waals surface area contributed by atoms with E-state index in [4.69, 9.17) is 5.73 Å². The number of rotatable bonds is 5. The molecule has 0 aliphatic carbocycles. The molecule has 0 spiro atoms. The van der Waals surface area contributed by atoms with Gasteiger partial charge in [0.15, 0.2) is 0 Å². The molecule has 4 nitrogen and oxygen atoms in total. The number of amides is 1. The summed E-state index contributed by atoms with van der Waals surface area (Å²) in [6, 6.07) is 4.28. The van der Waals surface area contributed by atoms with Crippen molar-refractivity contribution in [3.8, 4) is 0 Å². The van der Waals surface area contributed by atoms with Crippen LogP contribution in [0.15, 0.2) is 17.5 Å². The first-order chi connectivity index (χ1) is 9.69. The highest BCUT2D eigenvalue weighted by molar-refractivity contribution is 7.09. The molecule has 1 fully saturated rings. The normalized spacial score (nSPS) is 18.8. The number of carbonyl (C=O) groups is 1. The molecule has 0 radical (unpaired) electrons. The standard InChI is InChI=1S/C15H25N3OS/c1-13(11-16)10-15(19)18-6-3-5-17(7-8-18)12-14-4-2-9-20-14/h2,4,9,13H,3,5-8,10-12,16H2,1H3. The van der Waals surface area contributed by atoms with Crippen LogP contribution in [0.1, 0.15) is 24.6 Å². The van der Waals surface area contributed by atoms with Crippen LogP contribution in [0, 0.1) is 5.92 Å². The second-order valence-electron chi connectivity index (χ2n) is 5.63. The Morgan fingerprint density at radius 1 is 1.40 bits per heavy atom. The van der Waals surface area contributed by atoms with Crippen LogP contribution in [0.25, 0.3) is 0 Å². The van der Waals surface area contributed by atoms with Gasteiger partial charge in [-0.05, 0) is 30.3 Å². The van der Waals surface area contributed by atoms with Gasteiger partial charge in [-0.1, -0.05) is 13.0 Å². The van der Waals surface area contributed by atoms with Crippen molar-refractivity contribution in [1.82, 2.24) is 9.80 Å². The second kappa shape index (κ2) is 7.76. The molecule has 0 aromatic carbocycles. The number of carbonyl (C=O) groups excluding carboxylic acids is 1. The predicted molar refractivity (Wildman–Crippen MR) is 83.6 cm³/mol. The van der Waals surface area contributed by atoms with E-state index in [0.29, 0.717) is 13.0 Å². The van der Waals surface area contributed by atoms with Crippen LogP contribution in [-0.4, -0.2) is 48.4 Å². The Labute approximate surface area is 125 Å². The first kappa shape index (κ1) is 15.5. The Morgan fingerprint density at radius 2 is 2.25 bits per heavy atom. The SMILES string of the molecule is CC(CN)CC(=O)N1CCCN(Cc2cccs2)CC1. The van der Waals surface area contributed by atoms with Gasteiger partial charge >= 0.3 is 0 Å². The molecule has 1 atom stereocenters. The average Bonchev–Trinajstić information content (AvgIpc) is 2.83. The van der Waals surface area contributed by atoms with Crippen molar-refractivity contribution in [3.05, 3.63) is 22.4 Å². The molecule has 1 aliphatic rings. The highest BCUT2D eigenvalue weighted by Gasteiger charge is 2.20. The summed E-state index contributed by atoms with van der Waals surface area (Å²) in [6.07, 6.45) is 1.65. The maximum absolute atomic E-state index is 12.2. The number of nitrogens with zero attached hydrogens (tertiary/aromatic N) is 2. The van der Waals surface area contributed by atoms with Gasteiger partial charge in [0.25, 0.3) is 0 Å². The molecule has 112 valence electrons.